The van der Waals surface area contributed by atoms with Gasteiger partial charge in [-0.25, -0.2) is 9.78 Å². The Hall–Kier alpha value is -2.22. The van der Waals surface area contributed by atoms with Crippen LogP contribution >= 0.6 is 11.3 Å². The Labute approximate surface area is 155 Å². The Morgan fingerprint density at radius 2 is 2.00 bits per heavy atom. The Balaban J connectivity index is 2.04. The molecular formula is C18H23N3O4S. The van der Waals surface area contributed by atoms with Crippen LogP contribution in [-0.4, -0.2) is 32.6 Å². The van der Waals surface area contributed by atoms with Crippen LogP contribution in [0.4, 0.5) is 0 Å². The van der Waals surface area contributed by atoms with Crippen molar-refractivity contribution in [2.24, 2.45) is 5.92 Å². The van der Waals surface area contributed by atoms with Crippen LogP contribution in [0.2, 0.25) is 0 Å². The zero-order valence-electron chi connectivity index (χ0n) is 15.2. The standard InChI is InChI=1S/C18H23N3O4S/c1-9(2)13(18(24)25)20-15(22)14-10(3)12-16(26-14)19-11-7-5-4-6-8-21(11)17(12)23/h9,13H,4-8H2,1-3H3,(H,20,22)(H,24,25). The molecule has 7 nitrogen and oxygen atoms in total. The van der Waals surface area contributed by atoms with E-state index in [9.17, 15) is 19.5 Å². The Morgan fingerprint density at radius 3 is 2.65 bits per heavy atom. The van der Waals surface area contributed by atoms with Gasteiger partial charge in [0.05, 0.1) is 10.3 Å². The van der Waals surface area contributed by atoms with E-state index < -0.39 is 17.9 Å². The number of fused-ring (bicyclic) bond motifs is 2. The fourth-order valence-electron chi connectivity index (χ4n) is 3.35. The van der Waals surface area contributed by atoms with Gasteiger partial charge in [0.15, 0.2) is 0 Å². The van der Waals surface area contributed by atoms with Crippen molar-refractivity contribution in [1.29, 1.82) is 0 Å². The lowest BCUT2D eigenvalue weighted by molar-refractivity contribution is -0.140. The molecule has 0 fully saturated rings. The molecule has 2 aromatic heterocycles. The van der Waals surface area contributed by atoms with Crippen molar-refractivity contribution in [1.82, 2.24) is 14.9 Å². The first kappa shape index (κ1) is 18.6. The van der Waals surface area contributed by atoms with E-state index in [1.54, 1.807) is 25.3 Å². The highest BCUT2D eigenvalue weighted by atomic mass is 32.1. The average Bonchev–Trinajstić information content (AvgIpc) is 2.75. The van der Waals surface area contributed by atoms with Gasteiger partial charge in [-0.3, -0.25) is 14.2 Å². The van der Waals surface area contributed by atoms with Crippen molar-refractivity contribution in [3.8, 4) is 0 Å². The van der Waals surface area contributed by atoms with Gasteiger partial charge >= 0.3 is 5.97 Å². The first-order valence-electron chi connectivity index (χ1n) is 8.87. The third kappa shape index (κ3) is 3.25. The van der Waals surface area contributed by atoms with Crippen molar-refractivity contribution in [2.45, 2.75) is 59.0 Å². The second-order valence-electron chi connectivity index (χ2n) is 7.07. The lowest BCUT2D eigenvalue weighted by Gasteiger charge is -2.17. The van der Waals surface area contributed by atoms with Gasteiger partial charge < -0.3 is 10.4 Å². The van der Waals surface area contributed by atoms with Gasteiger partial charge in [-0.15, -0.1) is 11.3 Å². The van der Waals surface area contributed by atoms with Gasteiger partial charge in [-0.05, 0) is 31.2 Å². The predicted octanol–water partition coefficient (Wildman–Crippen LogP) is 2.33. The first-order valence-corrected chi connectivity index (χ1v) is 9.69. The molecule has 1 amide bonds. The predicted molar refractivity (Wildman–Crippen MR) is 99.9 cm³/mol. The van der Waals surface area contributed by atoms with E-state index >= 15 is 0 Å². The molecule has 0 spiro atoms. The Kier molecular flexibility index (Phi) is 5.13. The van der Waals surface area contributed by atoms with Crippen molar-refractivity contribution in [3.63, 3.8) is 0 Å². The third-order valence-corrected chi connectivity index (χ3v) is 6.02. The van der Waals surface area contributed by atoms with Crippen LogP contribution in [0.1, 0.15) is 54.2 Å². The molecule has 2 aromatic rings. The molecule has 140 valence electrons. The van der Waals surface area contributed by atoms with Crippen molar-refractivity contribution in [3.05, 3.63) is 26.6 Å². The second-order valence-corrected chi connectivity index (χ2v) is 8.06. The topological polar surface area (TPSA) is 101 Å². The van der Waals surface area contributed by atoms with Gasteiger partial charge in [0.2, 0.25) is 0 Å². The minimum absolute atomic E-state index is 0.0988. The summed E-state index contributed by atoms with van der Waals surface area (Å²) >= 11 is 1.16. The summed E-state index contributed by atoms with van der Waals surface area (Å²) in [5.74, 6) is -1.01. The quantitative estimate of drug-likeness (QED) is 0.851. The highest BCUT2D eigenvalue weighted by Crippen LogP contribution is 2.28. The Bertz CT molecular complexity index is 929. The maximum atomic E-state index is 12.9. The molecule has 1 atom stereocenters. The van der Waals surface area contributed by atoms with Gasteiger partial charge in [0.25, 0.3) is 11.5 Å². The first-order chi connectivity index (χ1) is 12.3. The molecule has 0 aromatic carbocycles. The average molecular weight is 377 g/mol. The van der Waals surface area contributed by atoms with E-state index in [1.807, 2.05) is 0 Å². The second kappa shape index (κ2) is 7.19. The molecule has 0 aliphatic carbocycles. The fraction of sp³-hybridized carbons (Fsp3) is 0.556. The number of carboxylic acid groups (broad SMARTS) is 1. The SMILES string of the molecule is Cc1c(C(=O)NC(C(=O)O)C(C)C)sc2nc3n(c(=O)c12)CCCCC3. The molecule has 0 saturated carbocycles. The number of nitrogens with zero attached hydrogens (tertiary/aromatic N) is 2. The summed E-state index contributed by atoms with van der Waals surface area (Å²) in [5.41, 5.74) is 0.478. The van der Waals surface area contributed by atoms with Crippen LogP contribution in [0.25, 0.3) is 10.2 Å². The normalized spacial score (nSPS) is 15.5. The summed E-state index contributed by atoms with van der Waals surface area (Å²) in [5, 5.41) is 12.3. The van der Waals surface area contributed by atoms with Crippen molar-refractivity contribution < 1.29 is 14.7 Å². The van der Waals surface area contributed by atoms with Gasteiger partial charge in [0.1, 0.15) is 16.7 Å². The van der Waals surface area contributed by atoms with Crippen LogP contribution in [0.15, 0.2) is 4.79 Å². The van der Waals surface area contributed by atoms with Gasteiger partial charge in [-0.1, -0.05) is 20.3 Å². The maximum Gasteiger partial charge on any atom is 0.326 e. The number of aromatic nitrogens is 2. The van der Waals surface area contributed by atoms with Crippen LogP contribution in [0.5, 0.6) is 0 Å². The maximum absolute atomic E-state index is 12.9. The molecule has 1 aliphatic heterocycles. The highest BCUT2D eigenvalue weighted by Gasteiger charge is 2.27. The number of rotatable bonds is 4. The minimum Gasteiger partial charge on any atom is -0.480 e. The Morgan fingerprint density at radius 1 is 1.27 bits per heavy atom. The van der Waals surface area contributed by atoms with Crippen LogP contribution in [-0.2, 0) is 17.8 Å². The number of carboxylic acids is 1. The molecule has 3 rings (SSSR count). The molecule has 8 heteroatoms. The van der Waals surface area contributed by atoms with Crippen LogP contribution in [0.3, 0.4) is 0 Å². The molecule has 1 unspecified atom stereocenters. The number of nitrogens with one attached hydrogen (secondary N) is 1. The third-order valence-electron chi connectivity index (χ3n) is 4.84. The molecule has 3 heterocycles. The molecule has 26 heavy (non-hydrogen) atoms. The highest BCUT2D eigenvalue weighted by molar-refractivity contribution is 7.20. The van der Waals surface area contributed by atoms with E-state index in [4.69, 9.17) is 0 Å². The zero-order chi connectivity index (χ0) is 19.0. The number of aryl methyl sites for hydroxylation is 2. The molecule has 2 N–H and O–H groups in total. The lowest BCUT2D eigenvalue weighted by atomic mass is 10.0. The monoisotopic (exact) mass is 377 g/mol. The summed E-state index contributed by atoms with van der Waals surface area (Å²) in [7, 11) is 0. The molecule has 0 radical (unpaired) electrons. The summed E-state index contributed by atoms with van der Waals surface area (Å²) in [4.78, 5) is 42.5. The number of carbonyl (C=O) groups is 2. The lowest BCUT2D eigenvalue weighted by Crippen LogP contribution is -2.44. The largest absolute Gasteiger partial charge is 0.480 e. The van der Waals surface area contributed by atoms with E-state index in [-0.39, 0.29) is 11.5 Å². The number of hydrogen-bond acceptors (Lipinski definition) is 5. The van der Waals surface area contributed by atoms with E-state index in [1.165, 1.54) is 0 Å². The molecule has 0 bridgehead atoms. The molecule has 0 saturated heterocycles. The fourth-order valence-corrected chi connectivity index (χ4v) is 4.44. The van der Waals surface area contributed by atoms with Crippen LogP contribution < -0.4 is 10.9 Å². The van der Waals surface area contributed by atoms with E-state index in [0.717, 1.165) is 42.8 Å². The van der Waals surface area contributed by atoms with Gasteiger partial charge in [-0.2, -0.15) is 0 Å². The summed E-state index contributed by atoms with van der Waals surface area (Å²) in [6.45, 7) is 5.86. The summed E-state index contributed by atoms with van der Waals surface area (Å²) < 4.78 is 1.73. The van der Waals surface area contributed by atoms with Gasteiger partial charge in [0, 0.05) is 13.0 Å². The van der Waals surface area contributed by atoms with E-state index in [2.05, 4.69) is 10.3 Å². The zero-order valence-corrected chi connectivity index (χ0v) is 16.0. The number of hydrogen-bond donors (Lipinski definition) is 2. The minimum atomic E-state index is -1.07. The van der Waals surface area contributed by atoms with Crippen LogP contribution in [0, 0.1) is 12.8 Å². The summed E-state index contributed by atoms with van der Waals surface area (Å²) in [6, 6.07) is -0.974. The van der Waals surface area contributed by atoms with Crippen molar-refractivity contribution >= 4 is 33.4 Å². The molecular weight excluding hydrogens is 354 g/mol. The number of thiophene rings is 1. The number of aliphatic carboxylic acids is 1. The van der Waals surface area contributed by atoms with E-state index in [0.29, 0.717) is 27.2 Å². The number of amides is 1. The molecule has 1 aliphatic rings. The number of carbonyl (C=O) groups excluding carboxylic acids is 1. The smallest absolute Gasteiger partial charge is 0.326 e. The summed E-state index contributed by atoms with van der Waals surface area (Å²) in [6.07, 6.45) is 3.79. The van der Waals surface area contributed by atoms with Crippen molar-refractivity contribution in [2.75, 3.05) is 0 Å².